The second-order valence-electron chi connectivity index (χ2n) is 4.98. The first-order chi connectivity index (χ1) is 9.59. The molecule has 0 saturated heterocycles. The number of benzene rings is 1. The first-order valence-corrected chi connectivity index (χ1v) is 6.55. The Bertz CT molecular complexity index is 584. The summed E-state index contributed by atoms with van der Waals surface area (Å²) >= 11 is 0. The molecule has 0 aliphatic carbocycles. The number of aromatic nitrogens is 1. The Kier molecular flexibility index (Phi) is 4.45. The summed E-state index contributed by atoms with van der Waals surface area (Å²) in [6.07, 6.45) is 2.54. The first-order valence-electron chi connectivity index (χ1n) is 6.55. The van der Waals surface area contributed by atoms with Gasteiger partial charge in [-0.15, -0.1) is 0 Å². The Morgan fingerprint density at radius 2 is 1.90 bits per heavy atom. The average molecular weight is 272 g/mol. The van der Waals surface area contributed by atoms with Gasteiger partial charge in [-0.2, -0.15) is 0 Å². The van der Waals surface area contributed by atoms with Gasteiger partial charge in [0.2, 0.25) is 5.91 Å². The number of carbonyl (C=O) groups is 1. The minimum Gasteiger partial charge on any atom is -0.323 e. The maximum atomic E-state index is 13.5. The standard InChI is InChI=1S/C16H17FN2O/c1-11(2)15(12-6-4-3-5-7-12)16(20)19-14-8-9-18-10-13(14)17/h3-11,15H,1-2H3,(H,18,19,20)/t15-/m0/s1. The molecule has 104 valence electrons. The monoisotopic (exact) mass is 272 g/mol. The van der Waals surface area contributed by atoms with Crippen molar-refractivity contribution < 1.29 is 9.18 Å². The van der Waals surface area contributed by atoms with E-state index < -0.39 is 5.82 Å². The van der Waals surface area contributed by atoms with Crippen LogP contribution >= 0.6 is 0 Å². The number of rotatable bonds is 4. The fraction of sp³-hybridized carbons (Fsp3) is 0.250. The van der Waals surface area contributed by atoms with Gasteiger partial charge in [-0.1, -0.05) is 44.2 Å². The molecule has 0 aliphatic rings. The largest absolute Gasteiger partial charge is 0.323 e. The number of pyridine rings is 1. The van der Waals surface area contributed by atoms with Gasteiger partial charge in [0.05, 0.1) is 17.8 Å². The summed E-state index contributed by atoms with van der Waals surface area (Å²) in [7, 11) is 0. The quantitative estimate of drug-likeness (QED) is 0.924. The Hall–Kier alpha value is -2.23. The molecule has 0 saturated carbocycles. The number of halogens is 1. The molecule has 1 amide bonds. The summed E-state index contributed by atoms with van der Waals surface area (Å²) in [5.41, 5.74) is 1.08. The third-order valence-electron chi connectivity index (χ3n) is 3.14. The van der Waals surface area contributed by atoms with Gasteiger partial charge in [-0.3, -0.25) is 9.78 Å². The van der Waals surface area contributed by atoms with Gasteiger partial charge in [0.15, 0.2) is 5.82 Å². The van der Waals surface area contributed by atoms with Crippen molar-refractivity contribution in [3.63, 3.8) is 0 Å². The van der Waals surface area contributed by atoms with Crippen LogP contribution in [0, 0.1) is 11.7 Å². The van der Waals surface area contributed by atoms with Crippen LogP contribution in [0.2, 0.25) is 0 Å². The number of hydrogen-bond acceptors (Lipinski definition) is 2. The SMILES string of the molecule is CC(C)[C@H](C(=O)Nc1ccncc1F)c1ccccc1. The number of carbonyl (C=O) groups excluding carboxylic acids is 1. The third kappa shape index (κ3) is 3.20. The molecule has 0 spiro atoms. The highest BCUT2D eigenvalue weighted by Gasteiger charge is 2.24. The summed E-state index contributed by atoms with van der Waals surface area (Å²) in [5, 5.41) is 2.64. The number of hydrogen-bond donors (Lipinski definition) is 1. The second kappa shape index (κ2) is 6.28. The molecule has 1 aromatic heterocycles. The van der Waals surface area contributed by atoms with Crippen LogP contribution in [0.5, 0.6) is 0 Å². The van der Waals surface area contributed by atoms with E-state index in [0.717, 1.165) is 11.8 Å². The molecular formula is C16H17FN2O. The molecule has 4 heteroatoms. The summed E-state index contributed by atoms with van der Waals surface area (Å²) in [4.78, 5) is 16.1. The number of anilines is 1. The zero-order chi connectivity index (χ0) is 14.5. The lowest BCUT2D eigenvalue weighted by Gasteiger charge is -2.20. The lowest BCUT2D eigenvalue weighted by atomic mass is 9.87. The average Bonchev–Trinajstić information content (AvgIpc) is 2.42. The Morgan fingerprint density at radius 1 is 1.20 bits per heavy atom. The predicted molar refractivity (Wildman–Crippen MR) is 76.8 cm³/mol. The molecule has 20 heavy (non-hydrogen) atoms. The molecule has 0 fully saturated rings. The number of nitrogens with one attached hydrogen (secondary N) is 1. The Morgan fingerprint density at radius 3 is 2.50 bits per heavy atom. The van der Waals surface area contributed by atoms with Crippen molar-refractivity contribution in [2.75, 3.05) is 5.32 Å². The highest BCUT2D eigenvalue weighted by molar-refractivity contribution is 5.96. The Balaban J connectivity index is 2.23. The molecular weight excluding hydrogens is 255 g/mol. The molecule has 1 heterocycles. The van der Waals surface area contributed by atoms with E-state index in [1.54, 1.807) is 0 Å². The van der Waals surface area contributed by atoms with Crippen molar-refractivity contribution in [3.8, 4) is 0 Å². The lowest BCUT2D eigenvalue weighted by Crippen LogP contribution is -2.25. The van der Waals surface area contributed by atoms with Gasteiger partial charge in [0.25, 0.3) is 0 Å². The first kappa shape index (κ1) is 14.2. The molecule has 1 atom stereocenters. The summed E-state index contributed by atoms with van der Waals surface area (Å²) in [6.45, 7) is 3.94. The smallest absolute Gasteiger partial charge is 0.232 e. The van der Waals surface area contributed by atoms with E-state index in [1.807, 2.05) is 44.2 Å². The topological polar surface area (TPSA) is 42.0 Å². The van der Waals surface area contributed by atoms with Crippen LogP contribution in [0.4, 0.5) is 10.1 Å². The van der Waals surface area contributed by atoms with Gasteiger partial charge < -0.3 is 5.32 Å². The molecule has 0 aliphatic heterocycles. The van der Waals surface area contributed by atoms with E-state index in [0.29, 0.717) is 0 Å². The maximum absolute atomic E-state index is 13.5. The van der Waals surface area contributed by atoms with E-state index in [2.05, 4.69) is 10.3 Å². The molecule has 0 unspecified atom stereocenters. The second-order valence-corrected chi connectivity index (χ2v) is 4.98. The van der Waals surface area contributed by atoms with Crippen LogP contribution in [0.25, 0.3) is 0 Å². The molecule has 2 rings (SSSR count). The summed E-state index contributed by atoms with van der Waals surface area (Å²) in [6, 6.07) is 11.0. The van der Waals surface area contributed by atoms with Crippen LogP contribution in [0.1, 0.15) is 25.3 Å². The van der Waals surface area contributed by atoms with Crippen LogP contribution in [-0.4, -0.2) is 10.9 Å². The van der Waals surface area contributed by atoms with E-state index in [-0.39, 0.29) is 23.4 Å². The Labute approximate surface area is 117 Å². The van der Waals surface area contributed by atoms with E-state index in [9.17, 15) is 9.18 Å². The van der Waals surface area contributed by atoms with Gasteiger partial charge in [0.1, 0.15) is 0 Å². The molecule has 1 aromatic carbocycles. The minimum absolute atomic E-state index is 0.113. The molecule has 1 N–H and O–H groups in total. The van der Waals surface area contributed by atoms with Crippen LogP contribution < -0.4 is 5.32 Å². The number of amides is 1. The van der Waals surface area contributed by atoms with E-state index in [1.165, 1.54) is 12.3 Å². The van der Waals surface area contributed by atoms with E-state index in [4.69, 9.17) is 0 Å². The highest BCUT2D eigenvalue weighted by Crippen LogP contribution is 2.26. The molecule has 3 nitrogen and oxygen atoms in total. The summed E-state index contributed by atoms with van der Waals surface area (Å²) in [5.74, 6) is -0.946. The van der Waals surface area contributed by atoms with Crippen LogP contribution in [0.15, 0.2) is 48.8 Å². The minimum atomic E-state index is -0.531. The number of nitrogens with zero attached hydrogens (tertiary/aromatic N) is 1. The zero-order valence-electron chi connectivity index (χ0n) is 11.5. The lowest BCUT2D eigenvalue weighted by molar-refractivity contribution is -0.118. The zero-order valence-corrected chi connectivity index (χ0v) is 11.5. The maximum Gasteiger partial charge on any atom is 0.232 e. The normalized spacial score (nSPS) is 12.2. The summed E-state index contributed by atoms with van der Waals surface area (Å²) < 4.78 is 13.5. The molecule has 0 radical (unpaired) electrons. The van der Waals surface area contributed by atoms with Crippen molar-refractivity contribution >= 4 is 11.6 Å². The molecule has 2 aromatic rings. The van der Waals surface area contributed by atoms with Crippen LogP contribution in [-0.2, 0) is 4.79 Å². The van der Waals surface area contributed by atoms with Gasteiger partial charge in [-0.05, 0) is 17.5 Å². The van der Waals surface area contributed by atoms with Crippen molar-refractivity contribution in [2.24, 2.45) is 5.92 Å². The fourth-order valence-electron chi connectivity index (χ4n) is 2.19. The van der Waals surface area contributed by atoms with Crippen molar-refractivity contribution in [1.82, 2.24) is 4.98 Å². The fourth-order valence-corrected chi connectivity index (χ4v) is 2.19. The van der Waals surface area contributed by atoms with Crippen molar-refractivity contribution in [1.29, 1.82) is 0 Å². The third-order valence-corrected chi connectivity index (χ3v) is 3.14. The van der Waals surface area contributed by atoms with Gasteiger partial charge in [0, 0.05) is 6.20 Å². The van der Waals surface area contributed by atoms with Crippen molar-refractivity contribution in [2.45, 2.75) is 19.8 Å². The van der Waals surface area contributed by atoms with Gasteiger partial charge in [-0.25, -0.2) is 4.39 Å². The highest BCUT2D eigenvalue weighted by atomic mass is 19.1. The predicted octanol–water partition coefficient (Wildman–Crippen LogP) is 3.60. The molecule has 0 bridgehead atoms. The van der Waals surface area contributed by atoms with E-state index >= 15 is 0 Å². The van der Waals surface area contributed by atoms with Crippen LogP contribution in [0.3, 0.4) is 0 Å². The van der Waals surface area contributed by atoms with Crippen molar-refractivity contribution in [3.05, 3.63) is 60.2 Å². The van der Waals surface area contributed by atoms with Gasteiger partial charge >= 0.3 is 0 Å².